The lowest BCUT2D eigenvalue weighted by Gasteiger charge is -2.00. The normalized spacial score (nSPS) is 9.21. The van der Waals surface area contributed by atoms with Gasteiger partial charge in [0.25, 0.3) is 0 Å². The second kappa shape index (κ2) is 5.01. The van der Waals surface area contributed by atoms with Crippen LogP contribution in [0.1, 0.15) is 0 Å². The summed E-state index contributed by atoms with van der Waals surface area (Å²) in [6.45, 7) is 3.64. The van der Waals surface area contributed by atoms with Crippen LogP contribution in [0.3, 0.4) is 0 Å². The average molecular weight is 194 g/mol. The Kier molecular flexibility index (Phi) is 3.67. The smallest absolute Gasteiger partial charge is 0.336 e. The largest absolute Gasteiger partial charge is 0.466 e. The third-order valence-corrected chi connectivity index (χ3v) is 1.55. The highest BCUT2D eigenvalue weighted by molar-refractivity contribution is 5.87. The summed E-state index contributed by atoms with van der Waals surface area (Å²) in [6, 6.07) is 5.51. The van der Waals surface area contributed by atoms with Crippen LogP contribution in [0.25, 0.3) is 0 Å². The molecule has 14 heavy (non-hydrogen) atoms. The fourth-order valence-corrected chi connectivity index (χ4v) is 0.825. The zero-order valence-electron chi connectivity index (χ0n) is 7.97. The number of rotatable bonds is 4. The average Bonchev–Trinajstić information content (AvgIpc) is 2.26. The molecule has 0 amide bonds. The number of hydrogen-bond donors (Lipinski definition) is 0. The number of esters is 1. The van der Waals surface area contributed by atoms with Crippen LogP contribution in [0.5, 0.6) is 0 Å². The monoisotopic (exact) mass is 194 g/mol. The molecule has 0 aromatic carbocycles. The van der Waals surface area contributed by atoms with E-state index < -0.39 is 5.97 Å². The predicted octanol–water partition coefficient (Wildman–Crippen LogP) is 0.132. The van der Waals surface area contributed by atoms with Gasteiger partial charge in [-0.1, -0.05) is 12.6 Å². The predicted molar refractivity (Wildman–Crippen MR) is 49.2 cm³/mol. The lowest BCUT2D eigenvalue weighted by atomic mass is 10.3. The highest BCUT2D eigenvalue weighted by atomic mass is 16.7. The van der Waals surface area contributed by atoms with Gasteiger partial charge in [-0.05, 0) is 0 Å². The van der Waals surface area contributed by atoms with E-state index in [0.717, 1.165) is 0 Å². The molecule has 0 N–H and O–H groups in total. The quantitative estimate of drug-likeness (QED) is 0.388. The number of ether oxygens (including phenoxy) is 1. The molecule has 0 atom stereocenters. The Labute approximate surface area is 82.3 Å². The van der Waals surface area contributed by atoms with E-state index in [1.165, 1.54) is 11.8 Å². The van der Waals surface area contributed by atoms with E-state index in [9.17, 15) is 4.79 Å². The van der Waals surface area contributed by atoms with E-state index >= 15 is 0 Å². The Balaban J connectivity index is 2.42. The third-order valence-electron chi connectivity index (χ3n) is 1.55. The van der Waals surface area contributed by atoms with Crippen molar-refractivity contribution in [2.24, 2.45) is 0 Å². The summed E-state index contributed by atoms with van der Waals surface area (Å²) >= 11 is 0. The zero-order valence-corrected chi connectivity index (χ0v) is 7.97. The number of carbonyl (C=O) groups excluding carboxylic acids is 1. The number of methoxy groups -OCH3 is 1. The molecule has 0 radical (unpaired) electrons. The molecule has 0 saturated heterocycles. The van der Waals surface area contributed by atoms with Crippen LogP contribution in [0.15, 0.2) is 42.7 Å². The Hall–Kier alpha value is -1.84. The molecule has 0 aliphatic heterocycles. The maximum absolute atomic E-state index is 10.9. The minimum absolute atomic E-state index is 0.112. The first kappa shape index (κ1) is 10.2. The van der Waals surface area contributed by atoms with Crippen molar-refractivity contribution in [3.63, 3.8) is 0 Å². The van der Waals surface area contributed by atoms with E-state index in [-0.39, 0.29) is 12.2 Å². The van der Waals surface area contributed by atoms with E-state index in [4.69, 9.17) is 4.84 Å². The molecular weight excluding hydrogens is 182 g/mol. The van der Waals surface area contributed by atoms with E-state index in [0.29, 0.717) is 0 Å². The van der Waals surface area contributed by atoms with Crippen LogP contribution in [-0.4, -0.2) is 19.7 Å². The van der Waals surface area contributed by atoms with Crippen LogP contribution < -0.4 is 9.57 Å². The van der Waals surface area contributed by atoms with E-state index in [1.807, 2.05) is 18.2 Å². The molecule has 4 heteroatoms. The summed E-state index contributed by atoms with van der Waals surface area (Å²) in [5.41, 5.74) is 0.281. The van der Waals surface area contributed by atoms with Gasteiger partial charge in [-0.25, -0.2) is 4.79 Å². The third kappa shape index (κ3) is 2.90. The number of nitrogens with zero attached hydrogens (tertiary/aromatic N) is 1. The van der Waals surface area contributed by atoms with Gasteiger partial charge in [0.05, 0.1) is 12.7 Å². The summed E-state index contributed by atoms with van der Waals surface area (Å²) in [5.74, 6) is -0.457. The van der Waals surface area contributed by atoms with Gasteiger partial charge in [0, 0.05) is 16.9 Å². The van der Waals surface area contributed by atoms with Crippen molar-refractivity contribution in [3.8, 4) is 0 Å². The molecule has 0 saturated carbocycles. The van der Waals surface area contributed by atoms with Gasteiger partial charge < -0.3 is 4.74 Å². The molecular formula is C10H12NO3+. The Morgan fingerprint density at radius 3 is 2.57 bits per heavy atom. The fourth-order valence-electron chi connectivity index (χ4n) is 0.825. The Bertz CT molecular complexity index is 321. The molecule has 0 bridgehead atoms. The second-order valence-corrected chi connectivity index (χ2v) is 2.60. The fraction of sp³-hybridized carbons (Fsp3) is 0.200. The van der Waals surface area contributed by atoms with Crippen molar-refractivity contribution in [1.82, 2.24) is 0 Å². The van der Waals surface area contributed by atoms with Crippen LogP contribution in [0, 0.1) is 0 Å². The van der Waals surface area contributed by atoms with E-state index in [1.54, 1.807) is 12.4 Å². The van der Waals surface area contributed by atoms with Crippen molar-refractivity contribution in [1.29, 1.82) is 0 Å². The number of carbonyl (C=O) groups is 1. The van der Waals surface area contributed by atoms with Crippen molar-refractivity contribution in [2.75, 3.05) is 13.7 Å². The summed E-state index contributed by atoms with van der Waals surface area (Å²) in [4.78, 5) is 16.1. The molecule has 0 fully saturated rings. The summed E-state index contributed by atoms with van der Waals surface area (Å²) in [7, 11) is 1.31. The molecule has 0 unspecified atom stereocenters. The second-order valence-electron chi connectivity index (χ2n) is 2.60. The molecule has 0 spiro atoms. The first-order valence-electron chi connectivity index (χ1n) is 4.09. The van der Waals surface area contributed by atoms with Gasteiger partial charge in [-0.2, -0.15) is 0 Å². The zero-order chi connectivity index (χ0) is 10.4. The van der Waals surface area contributed by atoms with Crippen molar-refractivity contribution < 1.29 is 19.1 Å². The van der Waals surface area contributed by atoms with E-state index in [2.05, 4.69) is 11.3 Å². The minimum atomic E-state index is -0.457. The standard InChI is InChI=1S/C10H12NO3/c1-9(10(12)13-2)8-14-11-6-4-3-5-7-11/h3-7H,1,8H2,2H3/q+1. The SMILES string of the molecule is C=C(CO[n+]1ccccc1)C(=O)OC. The molecule has 1 heterocycles. The molecule has 1 aromatic heterocycles. The van der Waals surface area contributed by atoms with Crippen LogP contribution in [0.4, 0.5) is 0 Å². The van der Waals surface area contributed by atoms with Gasteiger partial charge in [0.2, 0.25) is 12.4 Å². The number of pyridine rings is 1. The van der Waals surface area contributed by atoms with Gasteiger partial charge in [0.1, 0.15) is 0 Å². The maximum Gasteiger partial charge on any atom is 0.336 e. The highest BCUT2D eigenvalue weighted by Gasteiger charge is 2.09. The van der Waals surface area contributed by atoms with Gasteiger partial charge in [-0.3, -0.25) is 4.84 Å². The molecule has 0 aliphatic rings. The van der Waals surface area contributed by atoms with Crippen molar-refractivity contribution in [3.05, 3.63) is 42.7 Å². The van der Waals surface area contributed by atoms with Crippen molar-refractivity contribution in [2.45, 2.75) is 0 Å². The van der Waals surface area contributed by atoms with Gasteiger partial charge in [-0.15, -0.1) is 0 Å². The molecule has 1 aromatic rings. The van der Waals surface area contributed by atoms with Crippen LogP contribution in [-0.2, 0) is 9.53 Å². The topological polar surface area (TPSA) is 39.4 Å². The first-order valence-corrected chi connectivity index (χ1v) is 4.09. The lowest BCUT2D eigenvalue weighted by Crippen LogP contribution is -2.43. The summed E-state index contributed by atoms with van der Waals surface area (Å²) in [6.07, 6.45) is 3.45. The summed E-state index contributed by atoms with van der Waals surface area (Å²) in [5, 5.41) is 0. The van der Waals surface area contributed by atoms with Gasteiger partial charge in [0.15, 0.2) is 6.61 Å². The molecule has 4 nitrogen and oxygen atoms in total. The molecule has 74 valence electrons. The number of hydrogen-bond acceptors (Lipinski definition) is 3. The summed E-state index contributed by atoms with van der Waals surface area (Å²) < 4.78 is 5.97. The van der Waals surface area contributed by atoms with Crippen LogP contribution >= 0.6 is 0 Å². The lowest BCUT2D eigenvalue weighted by molar-refractivity contribution is -0.890. The maximum atomic E-state index is 10.9. The molecule has 1 rings (SSSR count). The van der Waals surface area contributed by atoms with Crippen molar-refractivity contribution >= 4 is 5.97 Å². The molecule has 0 aliphatic carbocycles. The minimum Gasteiger partial charge on any atom is -0.466 e. The Morgan fingerprint density at radius 1 is 1.36 bits per heavy atom. The number of aromatic nitrogens is 1. The highest BCUT2D eigenvalue weighted by Crippen LogP contribution is 1.90. The Morgan fingerprint density at radius 2 is 2.00 bits per heavy atom. The van der Waals surface area contributed by atoms with Gasteiger partial charge >= 0.3 is 5.97 Å². The first-order chi connectivity index (χ1) is 6.74. The van der Waals surface area contributed by atoms with Crippen LogP contribution in [0.2, 0.25) is 0 Å².